The summed E-state index contributed by atoms with van der Waals surface area (Å²) >= 11 is 21.1. The standard InChI is InChI=1S/C16H14BrCl3N2O2/c17-10-2-3-15(14(20)6-10)24-5-1-4-21-16(23)22-13-8-11(18)7-12(19)9-13/h2-3,6-9H,1,4-5H2,(H2,21,22,23). The average Bonchev–Trinajstić information content (AvgIpc) is 2.47. The number of amides is 2. The third kappa shape index (κ3) is 6.40. The predicted octanol–water partition coefficient (Wildman–Crippen LogP) is 6.00. The monoisotopic (exact) mass is 450 g/mol. The number of nitrogens with one attached hydrogen (secondary N) is 2. The summed E-state index contributed by atoms with van der Waals surface area (Å²) < 4.78 is 6.45. The summed E-state index contributed by atoms with van der Waals surface area (Å²) in [6.07, 6.45) is 0.635. The molecule has 0 aliphatic heterocycles. The Morgan fingerprint density at radius 3 is 2.46 bits per heavy atom. The van der Waals surface area contributed by atoms with E-state index in [0.29, 0.717) is 46.1 Å². The minimum absolute atomic E-state index is 0.338. The molecular formula is C16H14BrCl3N2O2. The summed E-state index contributed by atoms with van der Waals surface area (Å²) in [5, 5.41) is 6.83. The predicted molar refractivity (Wildman–Crippen MR) is 103 cm³/mol. The lowest BCUT2D eigenvalue weighted by atomic mass is 10.3. The van der Waals surface area contributed by atoms with Gasteiger partial charge in [0, 0.05) is 26.8 Å². The first kappa shape index (κ1) is 19.2. The molecule has 0 aliphatic carbocycles. The molecule has 0 unspecified atom stereocenters. The Labute approximate surface area is 163 Å². The molecule has 2 aromatic rings. The highest BCUT2D eigenvalue weighted by molar-refractivity contribution is 9.10. The highest BCUT2D eigenvalue weighted by Crippen LogP contribution is 2.27. The number of anilines is 1. The number of rotatable bonds is 6. The number of benzene rings is 2. The van der Waals surface area contributed by atoms with Crippen LogP contribution in [0.15, 0.2) is 40.9 Å². The minimum Gasteiger partial charge on any atom is -0.492 e. The van der Waals surface area contributed by atoms with Gasteiger partial charge >= 0.3 is 6.03 Å². The van der Waals surface area contributed by atoms with E-state index in [1.165, 1.54) is 0 Å². The number of halogens is 4. The van der Waals surface area contributed by atoms with Crippen LogP contribution in [0, 0.1) is 0 Å². The lowest BCUT2D eigenvalue weighted by Crippen LogP contribution is -2.30. The molecule has 24 heavy (non-hydrogen) atoms. The SMILES string of the molecule is O=C(NCCCOc1ccc(Br)cc1Cl)Nc1cc(Cl)cc(Cl)c1. The van der Waals surface area contributed by atoms with Crippen molar-refractivity contribution in [2.75, 3.05) is 18.5 Å². The molecule has 0 saturated heterocycles. The van der Waals surface area contributed by atoms with Gasteiger partial charge in [0.15, 0.2) is 0 Å². The van der Waals surface area contributed by atoms with E-state index in [4.69, 9.17) is 39.5 Å². The molecule has 2 amide bonds. The summed E-state index contributed by atoms with van der Waals surface area (Å²) in [5.41, 5.74) is 0.530. The Morgan fingerprint density at radius 2 is 1.79 bits per heavy atom. The van der Waals surface area contributed by atoms with E-state index in [-0.39, 0.29) is 6.03 Å². The van der Waals surface area contributed by atoms with Crippen LogP contribution in [0.25, 0.3) is 0 Å². The lowest BCUT2D eigenvalue weighted by molar-refractivity contribution is 0.250. The fourth-order valence-corrected chi connectivity index (χ4v) is 3.10. The highest BCUT2D eigenvalue weighted by atomic mass is 79.9. The lowest BCUT2D eigenvalue weighted by Gasteiger charge is -2.10. The van der Waals surface area contributed by atoms with Gasteiger partial charge in [0.25, 0.3) is 0 Å². The maximum Gasteiger partial charge on any atom is 0.319 e. The molecule has 2 N–H and O–H groups in total. The van der Waals surface area contributed by atoms with Gasteiger partial charge in [-0.1, -0.05) is 50.7 Å². The van der Waals surface area contributed by atoms with Crippen LogP contribution in [-0.4, -0.2) is 19.2 Å². The van der Waals surface area contributed by atoms with Crippen LogP contribution in [0.4, 0.5) is 10.5 Å². The van der Waals surface area contributed by atoms with E-state index < -0.39 is 0 Å². The van der Waals surface area contributed by atoms with Crippen molar-refractivity contribution in [3.05, 3.63) is 55.9 Å². The van der Waals surface area contributed by atoms with Gasteiger partial charge in [0.2, 0.25) is 0 Å². The van der Waals surface area contributed by atoms with Crippen molar-refractivity contribution < 1.29 is 9.53 Å². The molecule has 2 aromatic carbocycles. The van der Waals surface area contributed by atoms with Crippen molar-refractivity contribution in [3.63, 3.8) is 0 Å². The first-order valence-electron chi connectivity index (χ1n) is 7.03. The molecule has 4 nitrogen and oxygen atoms in total. The van der Waals surface area contributed by atoms with Crippen molar-refractivity contribution >= 4 is 62.5 Å². The summed E-state index contributed by atoms with van der Waals surface area (Å²) in [5.74, 6) is 0.609. The van der Waals surface area contributed by atoms with Crippen LogP contribution in [0.2, 0.25) is 15.1 Å². The van der Waals surface area contributed by atoms with E-state index in [0.717, 1.165) is 4.47 Å². The second-order valence-corrected chi connectivity index (χ2v) is 7.01. The van der Waals surface area contributed by atoms with Gasteiger partial charge in [-0.15, -0.1) is 0 Å². The zero-order chi connectivity index (χ0) is 17.5. The van der Waals surface area contributed by atoms with Gasteiger partial charge in [-0.2, -0.15) is 0 Å². The Hall–Kier alpha value is -1.14. The topological polar surface area (TPSA) is 50.4 Å². The summed E-state index contributed by atoms with van der Waals surface area (Å²) in [4.78, 5) is 11.8. The zero-order valence-corrected chi connectivity index (χ0v) is 16.3. The number of urea groups is 1. The fraction of sp³-hybridized carbons (Fsp3) is 0.188. The van der Waals surface area contributed by atoms with Gasteiger partial charge < -0.3 is 15.4 Å². The Balaban J connectivity index is 1.69. The second-order valence-electron chi connectivity index (χ2n) is 4.82. The van der Waals surface area contributed by atoms with Crippen molar-refractivity contribution in [1.82, 2.24) is 5.32 Å². The molecule has 0 fully saturated rings. The molecule has 0 aromatic heterocycles. The number of hydrogen-bond donors (Lipinski definition) is 2. The highest BCUT2D eigenvalue weighted by Gasteiger charge is 2.04. The molecule has 0 saturated carbocycles. The van der Waals surface area contributed by atoms with Gasteiger partial charge in [0.05, 0.1) is 11.6 Å². The summed E-state index contributed by atoms with van der Waals surface area (Å²) in [6.45, 7) is 0.888. The smallest absolute Gasteiger partial charge is 0.319 e. The summed E-state index contributed by atoms with van der Waals surface area (Å²) in [6, 6.07) is 9.89. The molecule has 8 heteroatoms. The largest absolute Gasteiger partial charge is 0.492 e. The Bertz CT molecular complexity index is 708. The fourth-order valence-electron chi connectivity index (χ4n) is 1.85. The van der Waals surface area contributed by atoms with E-state index in [9.17, 15) is 4.79 Å². The van der Waals surface area contributed by atoms with Crippen LogP contribution in [0.5, 0.6) is 5.75 Å². The molecule has 128 valence electrons. The van der Waals surface area contributed by atoms with Crippen molar-refractivity contribution in [2.24, 2.45) is 0 Å². The van der Waals surface area contributed by atoms with E-state index in [1.807, 2.05) is 6.07 Å². The van der Waals surface area contributed by atoms with Crippen LogP contribution >= 0.6 is 50.7 Å². The molecule has 0 atom stereocenters. The van der Waals surface area contributed by atoms with Crippen LogP contribution in [-0.2, 0) is 0 Å². The van der Waals surface area contributed by atoms with Crippen molar-refractivity contribution in [2.45, 2.75) is 6.42 Å². The van der Waals surface area contributed by atoms with Gasteiger partial charge in [-0.05, 0) is 42.8 Å². The number of carbonyl (C=O) groups is 1. The average molecular weight is 453 g/mol. The normalized spacial score (nSPS) is 10.3. The number of carbonyl (C=O) groups excluding carboxylic acids is 1. The van der Waals surface area contributed by atoms with E-state index in [1.54, 1.807) is 30.3 Å². The van der Waals surface area contributed by atoms with Gasteiger partial charge in [-0.3, -0.25) is 0 Å². The van der Waals surface area contributed by atoms with Crippen LogP contribution < -0.4 is 15.4 Å². The third-order valence-corrected chi connectivity index (χ3v) is 4.10. The molecule has 0 spiro atoms. The molecular weight excluding hydrogens is 438 g/mol. The maximum atomic E-state index is 11.8. The zero-order valence-electron chi connectivity index (χ0n) is 12.4. The van der Waals surface area contributed by atoms with Crippen molar-refractivity contribution in [1.29, 1.82) is 0 Å². The van der Waals surface area contributed by atoms with E-state index in [2.05, 4.69) is 26.6 Å². The van der Waals surface area contributed by atoms with Gasteiger partial charge in [-0.25, -0.2) is 4.79 Å². The van der Waals surface area contributed by atoms with E-state index >= 15 is 0 Å². The third-order valence-electron chi connectivity index (χ3n) is 2.88. The second kappa shape index (κ2) is 9.37. The van der Waals surface area contributed by atoms with Crippen molar-refractivity contribution in [3.8, 4) is 5.75 Å². The first-order valence-corrected chi connectivity index (χ1v) is 8.95. The molecule has 0 radical (unpaired) electrons. The molecule has 0 heterocycles. The minimum atomic E-state index is -0.338. The molecule has 0 aliphatic rings. The first-order chi connectivity index (χ1) is 11.4. The van der Waals surface area contributed by atoms with Gasteiger partial charge in [0.1, 0.15) is 5.75 Å². The molecule has 2 rings (SSSR count). The Kier molecular flexibility index (Phi) is 7.49. The van der Waals surface area contributed by atoms with Crippen LogP contribution in [0.3, 0.4) is 0 Å². The maximum absolute atomic E-state index is 11.8. The summed E-state index contributed by atoms with van der Waals surface area (Å²) in [7, 11) is 0. The number of hydrogen-bond acceptors (Lipinski definition) is 2. The molecule has 0 bridgehead atoms. The Morgan fingerprint density at radius 1 is 1.08 bits per heavy atom. The van der Waals surface area contributed by atoms with Crippen LogP contribution in [0.1, 0.15) is 6.42 Å². The number of ether oxygens (including phenoxy) is 1. The quantitative estimate of drug-likeness (QED) is 0.528.